The van der Waals surface area contributed by atoms with Crippen LogP contribution in [0.1, 0.15) is 33.6 Å². The molecule has 18 heavy (non-hydrogen) atoms. The zero-order chi connectivity index (χ0) is 13.8. The van der Waals surface area contributed by atoms with Crippen molar-refractivity contribution in [2.75, 3.05) is 13.1 Å². The molecule has 0 aromatic carbocycles. The summed E-state index contributed by atoms with van der Waals surface area (Å²) in [7, 11) is 0. The van der Waals surface area contributed by atoms with E-state index < -0.39 is 23.8 Å². The SMILES string of the molecule is CC(C)(C)OC(=O)N1CC2(CC(C(F)(F)F)C2)C1. The quantitative estimate of drug-likeness (QED) is 0.673. The number of hydrogen-bond donors (Lipinski definition) is 0. The van der Waals surface area contributed by atoms with Crippen molar-refractivity contribution in [2.45, 2.75) is 45.4 Å². The van der Waals surface area contributed by atoms with E-state index in [1.165, 1.54) is 4.90 Å². The monoisotopic (exact) mass is 265 g/mol. The van der Waals surface area contributed by atoms with Gasteiger partial charge in [0.05, 0.1) is 5.92 Å². The van der Waals surface area contributed by atoms with Crippen LogP contribution in [-0.2, 0) is 4.74 Å². The topological polar surface area (TPSA) is 29.5 Å². The van der Waals surface area contributed by atoms with E-state index in [4.69, 9.17) is 4.74 Å². The first kappa shape index (κ1) is 13.5. The van der Waals surface area contributed by atoms with Crippen molar-refractivity contribution in [3.8, 4) is 0 Å². The Balaban J connectivity index is 1.77. The largest absolute Gasteiger partial charge is 0.444 e. The van der Waals surface area contributed by atoms with E-state index in [2.05, 4.69) is 0 Å². The Bertz CT molecular complexity index is 345. The highest BCUT2D eigenvalue weighted by molar-refractivity contribution is 5.69. The van der Waals surface area contributed by atoms with Gasteiger partial charge in [-0.15, -0.1) is 0 Å². The molecule has 3 nitrogen and oxygen atoms in total. The Kier molecular flexibility index (Phi) is 2.83. The molecule has 0 bridgehead atoms. The standard InChI is InChI=1S/C12H18F3NO2/c1-10(2,3)18-9(17)16-6-11(7-16)4-8(5-11)12(13,14)15/h8H,4-7H2,1-3H3. The first-order valence-electron chi connectivity index (χ1n) is 6.05. The first-order valence-corrected chi connectivity index (χ1v) is 6.05. The zero-order valence-electron chi connectivity index (χ0n) is 10.8. The number of nitrogens with zero attached hydrogens (tertiary/aromatic N) is 1. The van der Waals surface area contributed by atoms with Gasteiger partial charge in [-0.05, 0) is 33.6 Å². The van der Waals surface area contributed by atoms with E-state index in [0.717, 1.165) is 0 Å². The lowest BCUT2D eigenvalue weighted by Gasteiger charge is -2.58. The van der Waals surface area contributed by atoms with Gasteiger partial charge >= 0.3 is 12.3 Å². The average molecular weight is 265 g/mol. The Labute approximate surface area is 104 Å². The molecule has 1 aliphatic heterocycles. The zero-order valence-corrected chi connectivity index (χ0v) is 10.8. The Morgan fingerprint density at radius 3 is 2.11 bits per heavy atom. The summed E-state index contributed by atoms with van der Waals surface area (Å²) >= 11 is 0. The minimum Gasteiger partial charge on any atom is -0.444 e. The number of ether oxygens (including phenoxy) is 1. The van der Waals surface area contributed by atoms with Gasteiger partial charge in [-0.2, -0.15) is 13.2 Å². The van der Waals surface area contributed by atoms with Crippen LogP contribution < -0.4 is 0 Å². The minimum absolute atomic E-state index is 0.149. The molecule has 0 unspecified atom stereocenters. The summed E-state index contributed by atoms with van der Waals surface area (Å²) in [5.41, 5.74) is -0.856. The molecule has 0 atom stereocenters. The number of alkyl halides is 3. The maximum absolute atomic E-state index is 12.4. The van der Waals surface area contributed by atoms with Crippen molar-refractivity contribution in [1.29, 1.82) is 0 Å². The van der Waals surface area contributed by atoms with Crippen molar-refractivity contribution >= 4 is 6.09 Å². The molecular formula is C12H18F3NO2. The summed E-state index contributed by atoms with van der Waals surface area (Å²) in [6.45, 7) is 6.10. The molecule has 2 rings (SSSR count). The summed E-state index contributed by atoms with van der Waals surface area (Å²) in [5, 5.41) is 0. The highest BCUT2D eigenvalue weighted by Gasteiger charge is 2.61. The molecule has 1 aliphatic carbocycles. The molecule has 6 heteroatoms. The fourth-order valence-electron chi connectivity index (χ4n) is 2.69. The van der Waals surface area contributed by atoms with E-state index in [9.17, 15) is 18.0 Å². The van der Waals surface area contributed by atoms with Gasteiger partial charge in [0.1, 0.15) is 5.60 Å². The second-order valence-corrected chi connectivity index (χ2v) is 6.48. The summed E-state index contributed by atoms with van der Waals surface area (Å²) in [6.07, 6.45) is -4.22. The highest BCUT2D eigenvalue weighted by atomic mass is 19.4. The fraction of sp³-hybridized carbons (Fsp3) is 0.917. The molecule has 1 amide bonds. The number of likely N-dealkylation sites (tertiary alicyclic amines) is 1. The molecule has 1 saturated carbocycles. The third-order valence-corrected chi connectivity index (χ3v) is 3.53. The predicted octanol–water partition coefficient (Wildman–Crippen LogP) is 3.20. The number of halogens is 3. The smallest absolute Gasteiger partial charge is 0.410 e. The number of hydrogen-bond acceptors (Lipinski definition) is 2. The van der Waals surface area contributed by atoms with Gasteiger partial charge < -0.3 is 9.64 Å². The average Bonchev–Trinajstić information content (AvgIpc) is 1.90. The Morgan fingerprint density at radius 2 is 1.72 bits per heavy atom. The molecule has 0 N–H and O–H groups in total. The third-order valence-electron chi connectivity index (χ3n) is 3.53. The molecule has 1 saturated heterocycles. The van der Waals surface area contributed by atoms with Gasteiger partial charge in [-0.25, -0.2) is 4.79 Å². The van der Waals surface area contributed by atoms with Gasteiger partial charge in [-0.1, -0.05) is 0 Å². The lowest BCUT2D eigenvalue weighted by Crippen LogP contribution is -2.65. The van der Waals surface area contributed by atoms with Gasteiger partial charge in [0.2, 0.25) is 0 Å². The van der Waals surface area contributed by atoms with Crippen molar-refractivity contribution in [2.24, 2.45) is 11.3 Å². The van der Waals surface area contributed by atoms with Crippen LogP contribution in [-0.4, -0.2) is 35.9 Å². The molecule has 0 radical (unpaired) electrons. The number of amides is 1. The molecule has 1 spiro atoms. The minimum atomic E-state index is -4.09. The van der Waals surface area contributed by atoms with Crippen LogP contribution in [0, 0.1) is 11.3 Å². The van der Waals surface area contributed by atoms with Gasteiger partial charge in [0.15, 0.2) is 0 Å². The van der Waals surface area contributed by atoms with Crippen molar-refractivity contribution in [3.05, 3.63) is 0 Å². The van der Waals surface area contributed by atoms with Crippen LogP contribution in [0.25, 0.3) is 0 Å². The van der Waals surface area contributed by atoms with Gasteiger partial charge in [0, 0.05) is 18.5 Å². The van der Waals surface area contributed by atoms with Crippen LogP contribution in [0.2, 0.25) is 0 Å². The van der Waals surface area contributed by atoms with E-state index in [0.29, 0.717) is 13.1 Å². The molecular weight excluding hydrogens is 247 g/mol. The summed E-state index contributed by atoms with van der Waals surface area (Å²) in [6, 6.07) is 0. The van der Waals surface area contributed by atoms with Crippen LogP contribution in [0.5, 0.6) is 0 Å². The molecule has 2 fully saturated rings. The molecule has 2 aliphatic rings. The van der Waals surface area contributed by atoms with Crippen LogP contribution >= 0.6 is 0 Å². The number of carbonyl (C=O) groups is 1. The van der Waals surface area contributed by atoms with Crippen LogP contribution in [0.4, 0.5) is 18.0 Å². The number of carbonyl (C=O) groups excluding carboxylic acids is 1. The maximum Gasteiger partial charge on any atom is 0.410 e. The third kappa shape index (κ3) is 2.57. The second kappa shape index (κ2) is 3.78. The van der Waals surface area contributed by atoms with E-state index in [1.54, 1.807) is 20.8 Å². The second-order valence-electron chi connectivity index (χ2n) is 6.48. The first-order chi connectivity index (χ1) is 8.01. The van der Waals surface area contributed by atoms with E-state index in [-0.39, 0.29) is 18.3 Å². The Hall–Kier alpha value is -0.940. The number of rotatable bonds is 0. The van der Waals surface area contributed by atoms with E-state index >= 15 is 0 Å². The fourth-order valence-corrected chi connectivity index (χ4v) is 2.69. The predicted molar refractivity (Wildman–Crippen MR) is 59.0 cm³/mol. The van der Waals surface area contributed by atoms with Crippen molar-refractivity contribution in [1.82, 2.24) is 4.90 Å². The van der Waals surface area contributed by atoms with Crippen molar-refractivity contribution in [3.63, 3.8) is 0 Å². The maximum atomic E-state index is 12.4. The van der Waals surface area contributed by atoms with Crippen LogP contribution in [0.15, 0.2) is 0 Å². The molecule has 1 heterocycles. The summed E-state index contributed by atoms with van der Waals surface area (Å²) in [5.74, 6) is -1.18. The van der Waals surface area contributed by atoms with Gasteiger partial charge in [-0.3, -0.25) is 0 Å². The van der Waals surface area contributed by atoms with Crippen LogP contribution in [0.3, 0.4) is 0 Å². The lowest BCUT2D eigenvalue weighted by molar-refractivity contribution is -0.239. The van der Waals surface area contributed by atoms with Crippen molar-refractivity contribution < 1.29 is 22.7 Å². The summed E-state index contributed by atoms with van der Waals surface area (Å²) < 4.78 is 42.3. The molecule has 104 valence electrons. The molecule has 0 aromatic rings. The summed E-state index contributed by atoms with van der Waals surface area (Å²) in [4.78, 5) is 13.1. The normalized spacial score (nSPS) is 23.6. The highest BCUT2D eigenvalue weighted by Crippen LogP contribution is 2.57. The lowest BCUT2D eigenvalue weighted by atomic mass is 9.57. The van der Waals surface area contributed by atoms with E-state index in [1.807, 2.05) is 0 Å². The Morgan fingerprint density at radius 1 is 1.22 bits per heavy atom. The van der Waals surface area contributed by atoms with Gasteiger partial charge in [0.25, 0.3) is 0 Å². The molecule has 0 aromatic heterocycles.